The van der Waals surface area contributed by atoms with E-state index in [-0.39, 0.29) is 0 Å². The standard InChI is InChI=1S/C14H31N/c1-5-7-8-9-10-11-12-13-14(3,4)15-6-2/h15H,5-13H2,1-4H3. The van der Waals surface area contributed by atoms with Gasteiger partial charge >= 0.3 is 0 Å². The zero-order valence-corrected chi connectivity index (χ0v) is 11.4. The van der Waals surface area contributed by atoms with Crippen molar-refractivity contribution in [3.63, 3.8) is 0 Å². The third kappa shape index (κ3) is 10.2. The van der Waals surface area contributed by atoms with Crippen LogP contribution in [0.25, 0.3) is 0 Å². The van der Waals surface area contributed by atoms with Crippen molar-refractivity contribution in [3.8, 4) is 0 Å². The summed E-state index contributed by atoms with van der Waals surface area (Å²) < 4.78 is 0. The van der Waals surface area contributed by atoms with Gasteiger partial charge in [0.25, 0.3) is 0 Å². The van der Waals surface area contributed by atoms with Gasteiger partial charge in [-0.15, -0.1) is 0 Å². The van der Waals surface area contributed by atoms with Gasteiger partial charge < -0.3 is 5.32 Å². The van der Waals surface area contributed by atoms with Crippen LogP contribution in [0.15, 0.2) is 0 Å². The highest BCUT2D eigenvalue weighted by Crippen LogP contribution is 2.15. The molecule has 1 N–H and O–H groups in total. The second kappa shape index (κ2) is 9.21. The van der Waals surface area contributed by atoms with Crippen molar-refractivity contribution in [1.29, 1.82) is 0 Å². The van der Waals surface area contributed by atoms with Crippen LogP contribution < -0.4 is 5.32 Å². The molecule has 1 nitrogen and oxygen atoms in total. The molecule has 0 spiro atoms. The van der Waals surface area contributed by atoms with Gasteiger partial charge in [0.1, 0.15) is 0 Å². The largest absolute Gasteiger partial charge is 0.312 e. The molecule has 0 rings (SSSR count). The van der Waals surface area contributed by atoms with Gasteiger partial charge in [-0.2, -0.15) is 0 Å². The fourth-order valence-corrected chi connectivity index (χ4v) is 2.09. The van der Waals surface area contributed by atoms with Gasteiger partial charge in [0.2, 0.25) is 0 Å². The Bertz CT molecular complexity index is 129. The van der Waals surface area contributed by atoms with E-state index in [1.807, 2.05) is 0 Å². The van der Waals surface area contributed by atoms with Crippen LogP contribution in [0, 0.1) is 0 Å². The Labute approximate surface area is 97.0 Å². The maximum Gasteiger partial charge on any atom is 0.0125 e. The van der Waals surface area contributed by atoms with Gasteiger partial charge in [0.05, 0.1) is 0 Å². The van der Waals surface area contributed by atoms with E-state index in [0.29, 0.717) is 5.54 Å². The zero-order chi connectivity index (χ0) is 11.6. The normalized spacial score (nSPS) is 12.0. The first kappa shape index (κ1) is 15.0. The molecule has 0 amide bonds. The topological polar surface area (TPSA) is 12.0 Å². The Balaban J connectivity index is 3.22. The van der Waals surface area contributed by atoms with Crippen molar-refractivity contribution in [2.45, 2.75) is 84.6 Å². The molecule has 0 bridgehead atoms. The van der Waals surface area contributed by atoms with Gasteiger partial charge in [0, 0.05) is 5.54 Å². The summed E-state index contributed by atoms with van der Waals surface area (Å²) in [6.07, 6.45) is 11.2. The first-order valence-corrected chi connectivity index (χ1v) is 6.87. The summed E-state index contributed by atoms with van der Waals surface area (Å²) in [5.41, 5.74) is 0.345. The lowest BCUT2D eigenvalue weighted by Crippen LogP contribution is -2.38. The summed E-state index contributed by atoms with van der Waals surface area (Å²) in [6.45, 7) is 10.2. The quantitative estimate of drug-likeness (QED) is 0.526. The third-order valence-corrected chi connectivity index (χ3v) is 3.06. The summed E-state index contributed by atoms with van der Waals surface area (Å²) >= 11 is 0. The first-order chi connectivity index (χ1) is 7.12. The van der Waals surface area contributed by atoms with Crippen LogP contribution in [0.2, 0.25) is 0 Å². The summed E-state index contributed by atoms with van der Waals surface area (Å²) in [7, 11) is 0. The molecule has 92 valence electrons. The van der Waals surface area contributed by atoms with Crippen LogP contribution in [0.5, 0.6) is 0 Å². The monoisotopic (exact) mass is 213 g/mol. The number of nitrogens with one attached hydrogen (secondary N) is 1. The molecule has 0 aliphatic carbocycles. The van der Waals surface area contributed by atoms with Crippen LogP contribution in [-0.2, 0) is 0 Å². The molecule has 0 saturated carbocycles. The van der Waals surface area contributed by atoms with Crippen LogP contribution in [-0.4, -0.2) is 12.1 Å². The molecule has 0 fully saturated rings. The molecule has 0 aromatic carbocycles. The highest BCUT2D eigenvalue weighted by Gasteiger charge is 2.14. The average Bonchev–Trinajstić information content (AvgIpc) is 2.16. The molecule has 0 unspecified atom stereocenters. The molecular formula is C14H31N. The van der Waals surface area contributed by atoms with Crippen LogP contribution in [0.4, 0.5) is 0 Å². The number of hydrogen-bond donors (Lipinski definition) is 1. The Hall–Kier alpha value is -0.0400. The SMILES string of the molecule is CCCCCCCCCC(C)(C)NCC. The molecule has 0 aromatic rings. The van der Waals surface area contributed by atoms with Crippen molar-refractivity contribution in [2.24, 2.45) is 0 Å². The van der Waals surface area contributed by atoms with Crippen LogP contribution in [0.3, 0.4) is 0 Å². The third-order valence-electron chi connectivity index (χ3n) is 3.06. The molecular weight excluding hydrogens is 182 g/mol. The van der Waals surface area contributed by atoms with E-state index < -0.39 is 0 Å². The van der Waals surface area contributed by atoms with E-state index in [1.165, 1.54) is 51.4 Å². The van der Waals surface area contributed by atoms with Crippen LogP contribution >= 0.6 is 0 Å². The van der Waals surface area contributed by atoms with Crippen molar-refractivity contribution in [1.82, 2.24) is 5.32 Å². The first-order valence-electron chi connectivity index (χ1n) is 6.87. The van der Waals surface area contributed by atoms with E-state index in [4.69, 9.17) is 0 Å². The van der Waals surface area contributed by atoms with Crippen molar-refractivity contribution in [2.75, 3.05) is 6.54 Å². The average molecular weight is 213 g/mol. The lowest BCUT2D eigenvalue weighted by molar-refractivity contribution is 0.355. The maximum absolute atomic E-state index is 3.53. The van der Waals surface area contributed by atoms with Crippen molar-refractivity contribution < 1.29 is 0 Å². The highest BCUT2D eigenvalue weighted by molar-refractivity contribution is 4.76. The van der Waals surface area contributed by atoms with Gasteiger partial charge in [-0.1, -0.05) is 58.8 Å². The minimum atomic E-state index is 0.345. The van der Waals surface area contributed by atoms with E-state index in [1.54, 1.807) is 0 Å². The summed E-state index contributed by atoms with van der Waals surface area (Å²) in [6, 6.07) is 0. The fraction of sp³-hybridized carbons (Fsp3) is 1.00. The van der Waals surface area contributed by atoms with E-state index in [0.717, 1.165) is 6.54 Å². The number of hydrogen-bond acceptors (Lipinski definition) is 1. The summed E-state index contributed by atoms with van der Waals surface area (Å²) in [4.78, 5) is 0. The van der Waals surface area contributed by atoms with E-state index >= 15 is 0 Å². The fourth-order valence-electron chi connectivity index (χ4n) is 2.09. The molecule has 0 atom stereocenters. The molecule has 0 aliphatic rings. The second-order valence-corrected chi connectivity index (χ2v) is 5.29. The summed E-state index contributed by atoms with van der Waals surface area (Å²) in [5.74, 6) is 0. The Kier molecular flexibility index (Phi) is 9.18. The van der Waals surface area contributed by atoms with Crippen molar-refractivity contribution in [3.05, 3.63) is 0 Å². The van der Waals surface area contributed by atoms with Gasteiger partial charge in [-0.3, -0.25) is 0 Å². The second-order valence-electron chi connectivity index (χ2n) is 5.29. The Morgan fingerprint density at radius 2 is 1.33 bits per heavy atom. The van der Waals surface area contributed by atoms with Gasteiger partial charge in [-0.05, 0) is 26.8 Å². The molecule has 0 saturated heterocycles. The molecule has 15 heavy (non-hydrogen) atoms. The Morgan fingerprint density at radius 1 is 0.800 bits per heavy atom. The molecule has 1 heteroatoms. The van der Waals surface area contributed by atoms with E-state index in [2.05, 4.69) is 33.0 Å². The van der Waals surface area contributed by atoms with Gasteiger partial charge in [-0.25, -0.2) is 0 Å². The van der Waals surface area contributed by atoms with Gasteiger partial charge in [0.15, 0.2) is 0 Å². The summed E-state index contributed by atoms with van der Waals surface area (Å²) in [5, 5.41) is 3.53. The predicted octanol–water partition coefficient (Wildman–Crippen LogP) is 4.52. The van der Waals surface area contributed by atoms with Crippen molar-refractivity contribution >= 4 is 0 Å². The lowest BCUT2D eigenvalue weighted by atomic mass is 9.96. The highest BCUT2D eigenvalue weighted by atomic mass is 14.9. The van der Waals surface area contributed by atoms with Crippen LogP contribution in [0.1, 0.15) is 79.1 Å². The smallest absolute Gasteiger partial charge is 0.0125 e. The number of unbranched alkanes of at least 4 members (excludes halogenated alkanes) is 6. The van der Waals surface area contributed by atoms with E-state index in [9.17, 15) is 0 Å². The molecule has 0 aromatic heterocycles. The molecule has 0 heterocycles. The number of rotatable bonds is 10. The molecule has 0 aliphatic heterocycles. The Morgan fingerprint density at radius 3 is 1.87 bits per heavy atom. The predicted molar refractivity (Wildman–Crippen MR) is 70.4 cm³/mol. The lowest BCUT2D eigenvalue weighted by Gasteiger charge is -2.25. The maximum atomic E-state index is 3.53. The minimum absolute atomic E-state index is 0.345. The molecule has 0 radical (unpaired) electrons. The minimum Gasteiger partial charge on any atom is -0.312 e. The zero-order valence-electron chi connectivity index (χ0n) is 11.4.